The minimum absolute atomic E-state index is 0.115. The standard InChI is InChI=1S/C20H22N4O3S2/c1-14-4-6-15(7-5-14)17-13-18(22-21-17)20(25)24-10-8-16(9-11-24)23-29(26,27)19-3-2-12-28-19/h2-7,12-13,16,23H,8-11H2,1H3,(H,21,22). The Morgan fingerprint density at radius 3 is 2.59 bits per heavy atom. The first-order valence-electron chi connectivity index (χ1n) is 9.40. The summed E-state index contributed by atoms with van der Waals surface area (Å²) in [6.07, 6.45) is 1.16. The van der Waals surface area contributed by atoms with Gasteiger partial charge in [-0.1, -0.05) is 35.9 Å². The molecular weight excluding hydrogens is 408 g/mol. The molecule has 3 heterocycles. The highest BCUT2D eigenvalue weighted by atomic mass is 32.2. The Hall–Kier alpha value is -2.49. The zero-order valence-corrected chi connectivity index (χ0v) is 17.6. The maximum absolute atomic E-state index is 12.8. The number of piperidine rings is 1. The maximum atomic E-state index is 12.8. The molecule has 0 saturated carbocycles. The average molecular weight is 431 g/mol. The lowest BCUT2D eigenvalue weighted by atomic mass is 10.1. The molecule has 0 spiro atoms. The number of thiophene rings is 1. The van der Waals surface area contributed by atoms with Gasteiger partial charge in [-0.25, -0.2) is 13.1 Å². The largest absolute Gasteiger partial charge is 0.337 e. The predicted octanol–water partition coefficient (Wildman–Crippen LogP) is 3.03. The Labute approximate surface area is 173 Å². The van der Waals surface area contributed by atoms with Crippen molar-refractivity contribution in [1.29, 1.82) is 0 Å². The SMILES string of the molecule is Cc1ccc(-c2cc(C(=O)N3CCC(NS(=O)(=O)c4cccs4)CC3)[nH]n2)cc1. The van der Waals surface area contributed by atoms with Crippen molar-refractivity contribution < 1.29 is 13.2 Å². The second kappa shape index (κ2) is 8.10. The minimum Gasteiger partial charge on any atom is -0.337 e. The van der Waals surface area contributed by atoms with Crippen molar-refractivity contribution >= 4 is 27.3 Å². The summed E-state index contributed by atoms with van der Waals surface area (Å²) in [6.45, 7) is 3.01. The summed E-state index contributed by atoms with van der Waals surface area (Å²) >= 11 is 1.20. The Bertz CT molecular complexity index is 1080. The van der Waals surface area contributed by atoms with Crippen LogP contribution in [0.3, 0.4) is 0 Å². The highest BCUT2D eigenvalue weighted by Gasteiger charge is 2.28. The van der Waals surface area contributed by atoms with Gasteiger partial charge in [0.1, 0.15) is 9.90 Å². The van der Waals surface area contributed by atoms with E-state index in [2.05, 4.69) is 14.9 Å². The molecule has 4 rings (SSSR count). The van der Waals surface area contributed by atoms with Crippen molar-refractivity contribution in [3.63, 3.8) is 0 Å². The summed E-state index contributed by atoms with van der Waals surface area (Å²) in [7, 11) is -3.49. The topological polar surface area (TPSA) is 95.2 Å². The molecular formula is C20H22N4O3S2. The van der Waals surface area contributed by atoms with E-state index in [1.165, 1.54) is 11.3 Å². The number of likely N-dealkylation sites (tertiary alicyclic amines) is 1. The number of H-pyrrole nitrogens is 1. The second-order valence-corrected chi connectivity index (χ2v) is 10.0. The lowest BCUT2D eigenvalue weighted by Crippen LogP contribution is -2.46. The Morgan fingerprint density at radius 2 is 1.93 bits per heavy atom. The van der Waals surface area contributed by atoms with Crippen LogP contribution in [0.15, 0.2) is 52.1 Å². The van der Waals surface area contributed by atoms with E-state index in [0.717, 1.165) is 16.8 Å². The first kappa shape index (κ1) is 19.8. The van der Waals surface area contributed by atoms with Gasteiger partial charge < -0.3 is 4.90 Å². The van der Waals surface area contributed by atoms with Crippen molar-refractivity contribution in [2.75, 3.05) is 13.1 Å². The number of carbonyl (C=O) groups is 1. The summed E-state index contributed by atoms with van der Waals surface area (Å²) in [6, 6.07) is 12.9. The Balaban J connectivity index is 1.36. The molecule has 1 aliphatic heterocycles. The van der Waals surface area contributed by atoms with Crippen LogP contribution in [0.25, 0.3) is 11.3 Å². The number of hydrogen-bond donors (Lipinski definition) is 2. The number of carbonyl (C=O) groups excluding carboxylic acids is 1. The third-order valence-corrected chi connectivity index (χ3v) is 7.94. The number of aromatic nitrogens is 2. The number of amides is 1. The lowest BCUT2D eigenvalue weighted by molar-refractivity contribution is 0.0705. The fourth-order valence-corrected chi connectivity index (χ4v) is 5.68. The molecule has 1 aromatic carbocycles. The number of aromatic amines is 1. The van der Waals surface area contributed by atoms with E-state index in [-0.39, 0.29) is 11.9 Å². The van der Waals surface area contributed by atoms with E-state index >= 15 is 0 Å². The molecule has 1 saturated heterocycles. The molecule has 1 aliphatic rings. The third-order valence-electron chi connectivity index (χ3n) is 5.02. The monoisotopic (exact) mass is 430 g/mol. The molecule has 29 heavy (non-hydrogen) atoms. The molecule has 0 aliphatic carbocycles. The van der Waals surface area contributed by atoms with E-state index in [1.54, 1.807) is 28.5 Å². The molecule has 3 aromatic rings. The molecule has 1 fully saturated rings. The number of aryl methyl sites for hydroxylation is 1. The van der Waals surface area contributed by atoms with Gasteiger partial charge in [-0.2, -0.15) is 5.10 Å². The van der Waals surface area contributed by atoms with Crippen LogP contribution in [0.1, 0.15) is 28.9 Å². The summed E-state index contributed by atoms with van der Waals surface area (Å²) in [4.78, 5) is 14.5. The smallest absolute Gasteiger partial charge is 0.271 e. The van der Waals surface area contributed by atoms with Crippen LogP contribution < -0.4 is 4.72 Å². The van der Waals surface area contributed by atoms with Crippen LogP contribution in [-0.2, 0) is 10.0 Å². The molecule has 1 amide bonds. The zero-order chi connectivity index (χ0) is 20.4. The van der Waals surface area contributed by atoms with Gasteiger partial charge in [-0.05, 0) is 37.3 Å². The first-order valence-corrected chi connectivity index (χ1v) is 11.8. The lowest BCUT2D eigenvalue weighted by Gasteiger charge is -2.31. The molecule has 2 N–H and O–H groups in total. The van der Waals surface area contributed by atoms with E-state index in [9.17, 15) is 13.2 Å². The number of nitrogens with one attached hydrogen (secondary N) is 2. The van der Waals surface area contributed by atoms with Crippen molar-refractivity contribution in [2.24, 2.45) is 0 Å². The predicted molar refractivity (Wildman–Crippen MR) is 112 cm³/mol. The van der Waals surface area contributed by atoms with Gasteiger partial charge in [-0.3, -0.25) is 9.89 Å². The number of rotatable bonds is 5. The van der Waals surface area contributed by atoms with Crippen molar-refractivity contribution in [2.45, 2.75) is 30.0 Å². The van der Waals surface area contributed by atoms with Crippen LogP contribution in [0.5, 0.6) is 0 Å². The van der Waals surface area contributed by atoms with Crippen molar-refractivity contribution in [3.8, 4) is 11.3 Å². The molecule has 2 aromatic heterocycles. The minimum atomic E-state index is -3.49. The van der Waals surface area contributed by atoms with Crippen LogP contribution in [0, 0.1) is 6.92 Å². The summed E-state index contributed by atoms with van der Waals surface area (Å²) in [5.41, 5.74) is 3.29. The number of hydrogen-bond acceptors (Lipinski definition) is 5. The molecule has 7 nitrogen and oxygen atoms in total. The van der Waals surface area contributed by atoms with Gasteiger partial charge in [0.25, 0.3) is 5.91 Å². The zero-order valence-electron chi connectivity index (χ0n) is 16.0. The fourth-order valence-electron chi connectivity index (χ4n) is 3.37. The van der Waals surface area contributed by atoms with E-state index in [4.69, 9.17) is 0 Å². The normalized spacial score (nSPS) is 15.6. The quantitative estimate of drug-likeness (QED) is 0.650. The summed E-state index contributed by atoms with van der Waals surface area (Å²) < 4.78 is 27.8. The van der Waals surface area contributed by atoms with E-state index in [1.807, 2.05) is 31.2 Å². The highest BCUT2D eigenvalue weighted by molar-refractivity contribution is 7.91. The Morgan fingerprint density at radius 1 is 1.21 bits per heavy atom. The molecule has 9 heteroatoms. The van der Waals surface area contributed by atoms with Crippen LogP contribution in [0.4, 0.5) is 0 Å². The van der Waals surface area contributed by atoms with Crippen LogP contribution in [0.2, 0.25) is 0 Å². The molecule has 0 unspecified atom stereocenters. The highest BCUT2D eigenvalue weighted by Crippen LogP contribution is 2.21. The van der Waals surface area contributed by atoms with Gasteiger partial charge >= 0.3 is 0 Å². The summed E-state index contributed by atoms with van der Waals surface area (Å²) in [5, 5.41) is 8.83. The molecule has 0 radical (unpaired) electrons. The number of nitrogens with zero attached hydrogens (tertiary/aromatic N) is 2. The van der Waals surface area contributed by atoms with Gasteiger partial charge in [-0.15, -0.1) is 11.3 Å². The average Bonchev–Trinajstić information content (AvgIpc) is 3.41. The summed E-state index contributed by atoms with van der Waals surface area (Å²) in [5.74, 6) is -0.115. The van der Waals surface area contributed by atoms with Crippen molar-refractivity contribution in [3.05, 3.63) is 59.1 Å². The second-order valence-electron chi connectivity index (χ2n) is 7.15. The molecule has 152 valence electrons. The van der Waals surface area contributed by atoms with Crippen LogP contribution >= 0.6 is 11.3 Å². The first-order chi connectivity index (χ1) is 13.9. The fraction of sp³-hybridized carbons (Fsp3) is 0.300. The third kappa shape index (κ3) is 4.42. The molecule has 0 atom stereocenters. The van der Waals surface area contributed by atoms with Gasteiger partial charge in [0.05, 0.1) is 5.69 Å². The maximum Gasteiger partial charge on any atom is 0.271 e. The van der Waals surface area contributed by atoms with Gasteiger partial charge in [0, 0.05) is 24.7 Å². The van der Waals surface area contributed by atoms with E-state index < -0.39 is 10.0 Å². The molecule has 0 bridgehead atoms. The number of sulfonamides is 1. The van der Waals surface area contributed by atoms with Gasteiger partial charge in [0.2, 0.25) is 10.0 Å². The Kier molecular flexibility index (Phi) is 5.53. The van der Waals surface area contributed by atoms with E-state index in [0.29, 0.717) is 35.8 Å². The van der Waals surface area contributed by atoms with Crippen LogP contribution in [-0.4, -0.2) is 48.6 Å². The number of benzene rings is 1. The van der Waals surface area contributed by atoms with Gasteiger partial charge in [0.15, 0.2) is 0 Å². The van der Waals surface area contributed by atoms with Crippen molar-refractivity contribution in [1.82, 2.24) is 19.8 Å².